The normalized spacial score (nSPS) is 19.4. The lowest BCUT2D eigenvalue weighted by Gasteiger charge is -2.19. The van der Waals surface area contributed by atoms with Gasteiger partial charge in [-0.3, -0.25) is 0 Å². The maximum absolute atomic E-state index is 9.16. The largest absolute Gasteiger partial charge is 0.490 e. The smallest absolute Gasteiger partial charge is 0.165 e. The summed E-state index contributed by atoms with van der Waals surface area (Å²) in [5.41, 5.74) is 1.15. The van der Waals surface area contributed by atoms with Crippen LogP contribution in [0.15, 0.2) is 18.2 Å². The number of rotatable bonds is 6. The zero-order valence-corrected chi connectivity index (χ0v) is 11.8. The number of hydrogen-bond acceptors (Lipinski definition) is 4. The Labute approximate surface area is 120 Å². The average Bonchev–Trinajstić information content (AvgIpc) is 3.29. The van der Waals surface area contributed by atoms with E-state index in [9.17, 15) is 0 Å². The molecule has 20 heavy (non-hydrogen) atoms. The molecule has 4 nitrogen and oxygen atoms in total. The molecule has 2 aliphatic rings. The van der Waals surface area contributed by atoms with E-state index < -0.39 is 0 Å². The van der Waals surface area contributed by atoms with Gasteiger partial charge in [0.15, 0.2) is 11.5 Å². The maximum atomic E-state index is 9.16. The van der Waals surface area contributed by atoms with Gasteiger partial charge in [0.05, 0.1) is 13.2 Å². The molecule has 1 heterocycles. The average molecular weight is 277 g/mol. The van der Waals surface area contributed by atoms with Gasteiger partial charge in [0.25, 0.3) is 0 Å². The van der Waals surface area contributed by atoms with E-state index in [4.69, 9.17) is 14.6 Å². The van der Waals surface area contributed by atoms with Crippen LogP contribution in [0.4, 0.5) is 0 Å². The van der Waals surface area contributed by atoms with Crippen LogP contribution in [-0.2, 0) is 6.54 Å². The molecule has 1 aliphatic carbocycles. The molecule has 0 bridgehead atoms. The van der Waals surface area contributed by atoms with Crippen molar-refractivity contribution in [1.82, 2.24) is 5.32 Å². The molecule has 0 aromatic heterocycles. The van der Waals surface area contributed by atoms with Crippen LogP contribution in [0.3, 0.4) is 0 Å². The Hall–Kier alpha value is -1.26. The van der Waals surface area contributed by atoms with Gasteiger partial charge >= 0.3 is 0 Å². The Morgan fingerprint density at radius 3 is 2.90 bits per heavy atom. The molecule has 0 saturated heterocycles. The predicted molar refractivity (Wildman–Crippen MR) is 77.1 cm³/mol. The van der Waals surface area contributed by atoms with E-state index in [0.717, 1.165) is 49.0 Å². The van der Waals surface area contributed by atoms with Crippen LogP contribution in [0.1, 0.15) is 31.2 Å². The Kier molecular flexibility index (Phi) is 4.43. The summed E-state index contributed by atoms with van der Waals surface area (Å²) in [5.74, 6) is 2.48. The Morgan fingerprint density at radius 2 is 2.10 bits per heavy atom. The summed E-state index contributed by atoms with van der Waals surface area (Å²) >= 11 is 0. The fourth-order valence-electron chi connectivity index (χ4n) is 2.78. The molecule has 0 unspecified atom stereocenters. The molecule has 3 rings (SSSR count). The molecule has 110 valence electrons. The highest BCUT2D eigenvalue weighted by Gasteiger charge is 2.30. The molecule has 1 saturated carbocycles. The predicted octanol–water partition coefficient (Wildman–Crippen LogP) is 2.10. The fourth-order valence-corrected chi connectivity index (χ4v) is 2.78. The van der Waals surface area contributed by atoms with Crippen LogP contribution in [0.25, 0.3) is 0 Å². The van der Waals surface area contributed by atoms with Crippen molar-refractivity contribution < 1.29 is 14.6 Å². The van der Waals surface area contributed by atoms with E-state index >= 15 is 0 Å². The Morgan fingerprint density at radius 1 is 1.25 bits per heavy atom. The lowest BCUT2D eigenvalue weighted by Crippen LogP contribution is -2.31. The van der Waals surface area contributed by atoms with Crippen molar-refractivity contribution in [3.63, 3.8) is 0 Å². The molecule has 1 aromatic carbocycles. The van der Waals surface area contributed by atoms with Gasteiger partial charge in [-0.05, 0) is 31.2 Å². The van der Waals surface area contributed by atoms with Gasteiger partial charge < -0.3 is 19.9 Å². The molecule has 0 spiro atoms. The number of para-hydroxylation sites is 1. The van der Waals surface area contributed by atoms with Crippen LogP contribution in [0.5, 0.6) is 11.5 Å². The second-order valence-electron chi connectivity index (χ2n) is 5.63. The van der Waals surface area contributed by atoms with E-state index in [0.29, 0.717) is 12.6 Å². The molecule has 0 amide bonds. The number of fused-ring (bicyclic) bond motifs is 1. The minimum Gasteiger partial charge on any atom is -0.490 e. The minimum absolute atomic E-state index is 0.251. The summed E-state index contributed by atoms with van der Waals surface area (Å²) in [6, 6.07) is 6.49. The molecule has 1 fully saturated rings. The molecule has 1 aromatic rings. The lowest BCUT2D eigenvalue weighted by molar-refractivity contribution is 0.255. The maximum Gasteiger partial charge on any atom is 0.165 e. The Bertz CT molecular complexity index is 445. The Balaban J connectivity index is 1.67. The minimum atomic E-state index is 0.251. The van der Waals surface area contributed by atoms with Crippen molar-refractivity contribution in [3.8, 4) is 11.5 Å². The van der Waals surface area contributed by atoms with E-state index in [1.165, 1.54) is 12.8 Å². The standard InChI is InChI=1S/C16H23NO3/c18-8-7-14(12-5-6-12)17-11-13-3-1-4-15-16(13)20-10-2-9-19-15/h1,3-4,12,14,17-18H,2,5-11H2/t14-/m0/s1. The van der Waals surface area contributed by atoms with Crippen molar-refractivity contribution in [2.75, 3.05) is 19.8 Å². The van der Waals surface area contributed by atoms with Gasteiger partial charge in [-0.15, -0.1) is 0 Å². The zero-order chi connectivity index (χ0) is 13.8. The molecule has 2 N–H and O–H groups in total. The molecule has 1 atom stereocenters. The van der Waals surface area contributed by atoms with Crippen molar-refractivity contribution >= 4 is 0 Å². The third-order valence-corrected chi connectivity index (χ3v) is 4.04. The first-order valence-electron chi connectivity index (χ1n) is 7.60. The molecule has 0 radical (unpaired) electrons. The fraction of sp³-hybridized carbons (Fsp3) is 0.625. The SMILES string of the molecule is OCC[C@H](NCc1cccc2c1OCCCO2)C1CC1. The number of aliphatic hydroxyl groups is 1. The van der Waals surface area contributed by atoms with E-state index in [-0.39, 0.29) is 6.61 Å². The highest BCUT2D eigenvalue weighted by molar-refractivity contribution is 5.47. The van der Waals surface area contributed by atoms with Gasteiger partial charge in [0.1, 0.15) is 0 Å². The van der Waals surface area contributed by atoms with Gasteiger partial charge in [0, 0.05) is 31.2 Å². The number of hydrogen-bond donors (Lipinski definition) is 2. The second-order valence-corrected chi connectivity index (χ2v) is 5.63. The van der Waals surface area contributed by atoms with Gasteiger partial charge in [-0.1, -0.05) is 12.1 Å². The lowest BCUT2D eigenvalue weighted by atomic mass is 10.1. The van der Waals surface area contributed by atoms with Gasteiger partial charge in [-0.25, -0.2) is 0 Å². The van der Waals surface area contributed by atoms with Crippen LogP contribution < -0.4 is 14.8 Å². The second kappa shape index (κ2) is 6.46. The highest BCUT2D eigenvalue weighted by atomic mass is 16.5. The van der Waals surface area contributed by atoms with Crippen LogP contribution in [-0.4, -0.2) is 31.0 Å². The monoisotopic (exact) mass is 277 g/mol. The summed E-state index contributed by atoms with van der Waals surface area (Å²) in [4.78, 5) is 0. The summed E-state index contributed by atoms with van der Waals surface area (Å²) in [6.07, 6.45) is 4.32. The number of ether oxygens (including phenoxy) is 2. The summed E-state index contributed by atoms with van der Waals surface area (Å²) in [6.45, 7) is 2.46. The summed E-state index contributed by atoms with van der Waals surface area (Å²) in [7, 11) is 0. The van der Waals surface area contributed by atoms with E-state index in [2.05, 4.69) is 11.4 Å². The van der Waals surface area contributed by atoms with Crippen molar-refractivity contribution in [1.29, 1.82) is 0 Å². The van der Waals surface area contributed by atoms with Crippen LogP contribution >= 0.6 is 0 Å². The van der Waals surface area contributed by atoms with Crippen molar-refractivity contribution in [2.45, 2.75) is 38.3 Å². The topological polar surface area (TPSA) is 50.7 Å². The van der Waals surface area contributed by atoms with Crippen molar-refractivity contribution in [2.24, 2.45) is 5.92 Å². The third-order valence-electron chi connectivity index (χ3n) is 4.04. The quantitative estimate of drug-likeness (QED) is 0.836. The summed E-state index contributed by atoms with van der Waals surface area (Å²) < 4.78 is 11.5. The van der Waals surface area contributed by atoms with E-state index in [1.807, 2.05) is 12.1 Å². The van der Waals surface area contributed by atoms with Gasteiger partial charge in [-0.2, -0.15) is 0 Å². The van der Waals surface area contributed by atoms with Gasteiger partial charge in [0.2, 0.25) is 0 Å². The summed E-state index contributed by atoms with van der Waals surface area (Å²) in [5, 5.41) is 12.7. The van der Waals surface area contributed by atoms with E-state index in [1.54, 1.807) is 0 Å². The molecular weight excluding hydrogens is 254 g/mol. The van der Waals surface area contributed by atoms with Crippen LogP contribution in [0.2, 0.25) is 0 Å². The van der Waals surface area contributed by atoms with Crippen molar-refractivity contribution in [3.05, 3.63) is 23.8 Å². The zero-order valence-electron chi connectivity index (χ0n) is 11.8. The highest BCUT2D eigenvalue weighted by Crippen LogP contribution is 2.36. The first kappa shape index (κ1) is 13.7. The number of aliphatic hydroxyl groups excluding tert-OH is 1. The number of nitrogens with one attached hydrogen (secondary N) is 1. The first-order valence-corrected chi connectivity index (χ1v) is 7.60. The number of benzene rings is 1. The molecular formula is C16H23NO3. The molecule has 1 aliphatic heterocycles. The van der Waals surface area contributed by atoms with Crippen LogP contribution in [0, 0.1) is 5.92 Å². The third kappa shape index (κ3) is 3.25. The first-order chi connectivity index (χ1) is 9.88. The molecule has 4 heteroatoms.